The molecule has 0 spiro atoms. The lowest BCUT2D eigenvalue weighted by molar-refractivity contribution is -0.117. The van der Waals surface area contributed by atoms with E-state index in [9.17, 15) is 4.79 Å². The van der Waals surface area contributed by atoms with E-state index in [4.69, 9.17) is 0 Å². The van der Waals surface area contributed by atoms with Gasteiger partial charge in [-0.3, -0.25) is 4.79 Å². The number of hydrogen-bond donors (Lipinski definition) is 0. The Morgan fingerprint density at radius 1 is 1.33 bits per heavy atom. The molecule has 0 saturated carbocycles. The average molecular weight is 160 g/mol. The van der Waals surface area contributed by atoms with E-state index in [1.54, 1.807) is 17.2 Å². The molecule has 0 heterocycles. The summed E-state index contributed by atoms with van der Waals surface area (Å²) in [4.78, 5) is 11.4. The Kier molecular flexibility index (Phi) is 1.16. The fourth-order valence-corrected chi connectivity index (χ4v) is 2.95. The van der Waals surface area contributed by atoms with Gasteiger partial charge in [0.25, 0.3) is 0 Å². The number of hydrogen-bond acceptors (Lipinski definition) is 1. The van der Waals surface area contributed by atoms with Crippen LogP contribution in [0.1, 0.15) is 25.7 Å². The summed E-state index contributed by atoms with van der Waals surface area (Å²) >= 11 is 0. The Hall–Kier alpha value is -0.850. The minimum atomic E-state index is 0.329. The van der Waals surface area contributed by atoms with E-state index in [0.29, 0.717) is 17.6 Å². The van der Waals surface area contributed by atoms with Gasteiger partial charge in [-0.2, -0.15) is 0 Å². The van der Waals surface area contributed by atoms with Crippen molar-refractivity contribution in [2.24, 2.45) is 11.8 Å². The summed E-state index contributed by atoms with van der Waals surface area (Å²) in [6, 6.07) is 0. The van der Waals surface area contributed by atoms with Crippen LogP contribution < -0.4 is 0 Å². The van der Waals surface area contributed by atoms with Gasteiger partial charge in [-0.25, -0.2) is 0 Å². The Bertz CT molecular complexity index is 309. The first kappa shape index (κ1) is 6.64. The summed E-state index contributed by atoms with van der Waals surface area (Å²) in [5.74, 6) is 1.22. The van der Waals surface area contributed by atoms with Crippen LogP contribution in [0.2, 0.25) is 0 Å². The summed E-state index contributed by atoms with van der Waals surface area (Å²) in [6.07, 6.45) is 8.84. The maximum atomic E-state index is 11.4. The van der Waals surface area contributed by atoms with Crippen molar-refractivity contribution < 1.29 is 4.79 Å². The van der Waals surface area contributed by atoms with Gasteiger partial charge < -0.3 is 0 Å². The van der Waals surface area contributed by atoms with Crippen molar-refractivity contribution in [3.05, 3.63) is 23.3 Å². The number of carbonyl (C=O) groups is 1. The smallest absolute Gasteiger partial charge is 0.159 e. The quantitative estimate of drug-likeness (QED) is 0.497. The van der Waals surface area contributed by atoms with Crippen molar-refractivity contribution in [1.82, 2.24) is 0 Å². The van der Waals surface area contributed by atoms with Crippen LogP contribution in [0.4, 0.5) is 0 Å². The Morgan fingerprint density at radius 2 is 2.25 bits per heavy atom. The second kappa shape index (κ2) is 2.09. The number of ketones is 1. The lowest BCUT2D eigenvalue weighted by Crippen LogP contribution is -2.11. The van der Waals surface area contributed by atoms with Gasteiger partial charge in [0.2, 0.25) is 0 Å². The van der Waals surface area contributed by atoms with Crippen molar-refractivity contribution in [3.63, 3.8) is 0 Å². The van der Waals surface area contributed by atoms with E-state index in [0.717, 1.165) is 6.42 Å². The standard InChI is InChI=1S/C11H12O/c12-11-5-4-9-8-3-1-2-7(8)6-10(9)11/h4-5,9-10H,1-3,6H2. The average Bonchev–Trinajstić information content (AvgIpc) is 2.63. The molecule has 0 aromatic heterocycles. The van der Waals surface area contributed by atoms with Crippen molar-refractivity contribution in [2.45, 2.75) is 25.7 Å². The lowest BCUT2D eigenvalue weighted by atomic mass is 9.92. The zero-order chi connectivity index (χ0) is 8.13. The van der Waals surface area contributed by atoms with Gasteiger partial charge in [-0.1, -0.05) is 17.2 Å². The molecule has 0 bridgehead atoms. The molecule has 2 unspecified atom stereocenters. The maximum absolute atomic E-state index is 11.4. The van der Waals surface area contributed by atoms with Gasteiger partial charge in [0, 0.05) is 11.8 Å². The topological polar surface area (TPSA) is 17.1 Å². The van der Waals surface area contributed by atoms with Crippen molar-refractivity contribution in [1.29, 1.82) is 0 Å². The summed E-state index contributed by atoms with van der Waals surface area (Å²) in [5.41, 5.74) is 3.23. The highest BCUT2D eigenvalue weighted by Crippen LogP contribution is 2.48. The number of rotatable bonds is 0. The molecular formula is C11H12O. The SMILES string of the molecule is O=C1C=CC2C3=C(CCC3)CC12. The van der Waals surface area contributed by atoms with Crippen LogP contribution in [0.3, 0.4) is 0 Å². The molecule has 62 valence electrons. The molecule has 0 radical (unpaired) electrons. The molecule has 0 aromatic carbocycles. The van der Waals surface area contributed by atoms with E-state index in [1.165, 1.54) is 19.3 Å². The fourth-order valence-electron chi connectivity index (χ4n) is 2.95. The molecule has 0 N–H and O–H groups in total. The van der Waals surface area contributed by atoms with Crippen LogP contribution in [0, 0.1) is 11.8 Å². The third-order valence-corrected chi connectivity index (χ3v) is 3.51. The maximum Gasteiger partial charge on any atom is 0.159 e. The summed E-state index contributed by atoms with van der Waals surface area (Å²) < 4.78 is 0. The highest BCUT2D eigenvalue weighted by atomic mass is 16.1. The van der Waals surface area contributed by atoms with Crippen molar-refractivity contribution >= 4 is 5.78 Å². The van der Waals surface area contributed by atoms with Crippen LogP contribution in [-0.2, 0) is 4.79 Å². The molecule has 3 aliphatic carbocycles. The Morgan fingerprint density at radius 3 is 3.17 bits per heavy atom. The second-order valence-electron chi connectivity index (χ2n) is 4.08. The Balaban J connectivity index is 2.00. The molecule has 0 saturated heterocycles. The fraction of sp³-hybridized carbons (Fsp3) is 0.545. The third kappa shape index (κ3) is 0.669. The zero-order valence-corrected chi connectivity index (χ0v) is 7.05. The molecule has 0 fully saturated rings. The van der Waals surface area contributed by atoms with Gasteiger partial charge in [-0.05, 0) is 31.8 Å². The van der Waals surface area contributed by atoms with E-state index in [-0.39, 0.29) is 0 Å². The molecule has 3 aliphatic rings. The normalized spacial score (nSPS) is 37.8. The number of allylic oxidation sites excluding steroid dienone is 4. The monoisotopic (exact) mass is 160 g/mol. The zero-order valence-electron chi connectivity index (χ0n) is 7.05. The largest absolute Gasteiger partial charge is 0.295 e. The van der Waals surface area contributed by atoms with Gasteiger partial charge in [0.1, 0.15) is 0 Å². The predicted octanol–water partition coefficient (Wildman–Crippen LogP) is 2.24. The van der Waals surface area contributed by atoms with Crippen LogP contribution >= 0.6 is 0 Å². The Labute approximate surface area is 72.2 Å². The van der Waals surface area contributed by atoms with Gasteiger partial charge in [-0.15, -0.1) is 0 Å². The van der Waals surface area contributed by atoms with Crippen molar-refractivity contribution in [2.75, 3.05) is 0 Å². The molecule has 1 nitrogen and oxygen atoms in total. The molecule has 2 atom stereocenters. The second-order valence-corrected chi connectivity index (χ2v) is 4.08. The molecule has 0 aromatic rings. The van der Waals surface area contributed by atoms with E-state index in [1.807, 2.05) is 0 Å². The number of carbonyl (C=O) groups excluding carboxylic acids is 1. The lowest BCUT2D eigenvalue weighted by Gasteiger charge is -2.10. The highest BCUT2D eigenvalue weighted by molar-refractivity contribution is 5.96. The summed E-state index contributed by atoms with van der Waals surface area (Å²) in [7, 11) is 0. The molecule has 3 rings (SSSR count). The molecule has 0 aliphatic heterocycles. The molecule has 1 heteroatoms. The van der Waals surface area contributed by atoms with E-state index in [2.05, 4.69) is 6.08 Å². The summed E-state index contributed by atoms with van der Waals surface area (Å²) in [6.45, 7) is 0. The van der Waals surface area contributed by atoms with E-state index >= 15 is 0 Å². The predicted molar refractivity (Wildman–Crippen MR) is 46.6 cm³/mol. The van der Waals surface area contributed by atoms with Gasteiger partial charge in [0.05, 0.1) is 0 Å². The van der Waals surface area contributed by atoms with Gasteiger partial charge in [0.15, 0.2) is 5.78 Å². The van der Waals surface area contributed by atoms with Crippen molar-refractivity contribution in [3.8, 4) is 0 Å². The first-order chi connectivity index (χ1) is 5.86. The van der Waals surface area contributed by atoms with Crippen LogP contribution in [0.25, 0.3) is 0 Å². The molecular weight excluding hydrogens is 148 g/mol. The first-order valence-corrected chi connectivity index (χ1v) is 4.79. The number of fused-ring (bicyclic) bond motifs is 2. The summed E-state index contributed by atoms with van der Waals surface area (Å²) in [5, 5.41) is 0. The molecule has 0 amide bonds. The van der Waals surface area contributed by atoms with E-state index < -0.39 is 0 Å². The minimum Gasteiger partial charge on any atom is -0.295 e. The first-order valence-electron chi connectivity index (χ1n) is 4.79. The van der Waals surface area contributed by atoms with Crippen LogP contribution in [-0.4, -0.2) is 5.78 Å². The molecule has 12 heavy (non-hydrogen) atoms. The highest BCUT2D eigenvalue weighted by Gasteiger charge is 2.40. The van der Waals surface area contributed by atoms with Crippen LogP contribution in [0.15, 0.2) is 23.3 Å². The van der Waals surface area contributed by atoms with Gasteiger partial charge >= 0.3 is 0 Å². The third-order valence-electron chi connectivity index (χ3n) is 3.51. The minimum absolute atomic E-state index is 0.329. The van der Waals surface area contributed by atoms with Crippen LogP contribution in [0.5, 0.6) is 0 Å².